The molecular weight excluding hydrogens is 212 g/mol. The molecule has 0 aromatic carbocycles. The van der Waals surface area contributed by atoms with Crippen LogP contribution in [0.5, 0.6) is 0 Å². The van der Waals surface area contributed by atoms with Crippen molar-refractivity contribution in [3.05, 3.63) is 24.2 Å². The van der Waals surface area contributed by atoms with E-state index in [1.54, 1.807) is 0 Å². The quantitative estimate of drug-likeness (QED) is 0.775. The van der Waals surface area contributed by atoms with E-state index >= 15 is 0 Å². The molecule has 0 fully saturated rings. The second-order valence-corrected chi connectivity index (χ2v) is 4.13. The SMILES string of the molecule is CCCn1c(CCNCC)nc2cccnc21. The molecule has 2 aromatic heterocycles. The first kappa shape index (κ1) is 12.0. The van der Waals surface area contributed by atoms with Gasteiger partial charge >= 0.3 is 0 Å². The van der Waals surface area contributed by atoms with Gasteiger partial charge in [0.15, 0.2) is 5.65 Å². The largest absolute Gasteiger partial charge is 0.317 e. The second kappa shape index (κ2) is 5.77. The molecule has 0 unspecified atom stereocenters. The van der Waals surface area contributed by atoms with Gasteiger partial charge in [0.2, 0.25) is 0 Å². The van der Waals surface area contributed by atoms with Gasteiger partial charge < -0.3 is 9.88 Å². The number of likely N-dealkylation sites (N-methyl/N-ethyl adjacent to an activating group) is 1. The van der Waals surface area contributed by atoms with Gasteiger partial charge in [-0.05, 0) is 25.1 Å². The predicted molar refractivity (Wildman–Crippen MR) is 70.1 cm³/mol. The van der Waals surface area contributed by atoms with E-state index in [1.807, 2.05) is 18.3 Å². The first-order valence-corrected chi connectivity index (χ1v) is 6.37. The van der Waals surface area contributed by atoms with Crippen LogP contribution in [0.25, 0.3) is 11.2 Å². The van der Waals surface area contributed by atoms with E-state index in [0.717, 1.165) is 49.5 Å². The van der Waals surface area contributed by atoms with E-state index in [0.29, 0.717) is 0 Å². The highest BCUT2D eigenvalue weighted by Crippen LogP contribution is 2.14. The van der Waals surface area contributed by atoms with Gasteiger partial charge in [-0.1, -0.05) is 13.8 Å². The molecule has 0 radical (unpaired) electrons. The number of aromatic nitrogens is 3. The van der Waals surface area contributed by atoms with Crippen LogP contribution < -0.4 is 5.32 Å². The number of hydrogen-bond acceptors (Lipinski definition) is 3. The summed E-state index contributed by atoms with van der Waals surface area (Å²) in [5.74, 6) is 1.14. The average Bonchev–Trinajstić information content (AvgIpc) is 2.69. The third-order valence-corrected chi connectivity index (χ3v) is 2.81. The van der Waals surface area contributed by atoms with Crippen LogP contribution in [0.2, 0.25) is 0 Å². The molecule has 4 nitrogen and oxygen atoms in total. The highest BCUT2D eigenvalue weighted by molar-refractivity contribution is 5.71. The van der Waals surface area contributed by atoms with Gasteiger partial charge in [-0.15, -0.1) is 0 Å². The topological polar surface area (TPSA) is 42.7 Å². The second-order valence-electron chi connectivity index (χ2n) is 4.13. The van der Waals surface area contributed by atoms with E-state index in [-0.39, 0.29) is 0 Å². The average molecular weight is 232 g/mol. The minimum absolute atomic E-state index is 0.962. The molecule has 0 aliphatic heterocycles. The summed E-state index contributed by atoms with van der Waals surface area (Å²) >= 11 is 0. The molecule has 0 aliphatic carbocycles. The normalized spacial score (nSPS) is 11.2. The summed E-state index contributed by atoms with van der Waals surface area (Å²) in [5.41, 5.74) is 2.02. The Morgan fingerprint density at radius 3 is 3.00 bits per heavy atom. The predicted octanol–water partition coefficient (Wildman–Crippen LogP) is 1.99. The number of nitrogens with zero attached hydrogens (tertiary/aromatic N) is 3. The maximum Gasteiger partial charge on any atom is 0.159 e. The molecule has 2 rings (SSSR count). The number of pyridine rings is 1. The summed E-state index contributed by atoms with van der Waals surface area (Å²) < 4.78 is 2.24. The Morgan fingerprint density at radius 2 is 2.24 bits per heavy atom. The molecule has 0 saturated carbocycles. The van der Waals surface area contributed by atoms with Crippen molar-refractivity contribution in [3.63, 3.8) is 0 Å². The summed E-state index contributed by atoms with van der Waals surface area (Å²) in [5, 5.41) is 3.34. The van der Waals surface area contributed by atoms with Crippen LogP contribution >= 0.6 is 0 Å². The summed E-state index contributed by atoms with van der Waals surface area (Å²) in [6.07, 6.45) is 3.91. The van der Waals surface area contributed by atoms with Gasteiger partial charge in [-0.3, -0.25) is 0 Å². The maximum absolute atomic E-state index is 4.66. The molecule has 4 heteroatoms. The molecule has 0 amide bonds. The van der Waals surface area contributed by atoms with E-state index < -0.39 is 0 Å². The number of fused-ring (bicyclic) bond motifs is 1. The van der Waals surface area contributed by atoms with Crippen LogP contribution in [0.3, 0.4) is 0 Å². The Hall–Kier alpha value is -1.42. The van der Waals surface area contributed by atoms with Gasteiger partial charge in [0.05, 0.1) is 0 Å². The first-order chi connectivity index (χ1) is 8.36. The smallest absolute Gasteiger partial charge is 0.159 e. The molecule has 1 N–H and O–H groups in total. The van der Waals surface area contributed by atoms with Crippen molar-refractivity contribution in [1.82, 2.24) is 19.9 Å². The Morgan fingerprint density at radius 1 is 1.35 bits per heavy atom. The van der Waals surface area contributed by atoms with Crippen molar-refractivity contribution in [2.24, 2.45) is 0 Å². The Labute approximate surface area is 102 Å². The van der Waals surface area contributed by atoms with Crippen LogP contribution in [0, 0.1) is 0 Å². The Bertz CT molecular complexity index is 475. The fraction of sp³-hybridized carbons (Fsp3) is 0.538. The molecule has 2 heterocycles. The first-order valence-electron chi connectivity index (χ1n) is 6.37. The standard InChI is InChI=1S/C13H20N4/c1-3-10-17-12(7-9-14-4-2)16-11-6-5-8-15-13(11)17/h5-6,8,14H,3-4,7,9-10H2,1-2H3. The van der Waals surface area contributed by atoms with Crippen molar-refractivity contribution in [3.8, 4) is 0 Å². The third kappa shape index (κ3) is 2.64. The molecule has 0 spiro atoms. The van der Waals surface area contributed by atoms with Crippen LogP contribution in [-0.2, 0) is 13.0 Å². The fourth-order valence-electron chi connectivity index (χ4n) is 2.03. The molecule has 17 heavy (non-hydrogen) atoms. The highest BCUT2D eigenvalue weighted by atomic mass is 15.1. The van der Waals surface area contributed by atoms with Crippen molar-refractivity contribution < 1.29 is 0 Å². The number of imidazole rings is 1. The van der Waals surface area contributed by atoms with Gasteiger partial charge in [0, 0.05) is 25.7 Å². The van der Waals surface area contributed by atoms with Crippen LogP contribution in [-0.4, -0.2) is 27.6 Å². The number of nitrogens with one attached hydrogen (secondary N) is 1. The number of rotatable bonds is 6. The van der Waals surface area contributed by atoms with E-state index in [9.17, 15) is 0 Å². The van der Waals surface area contributed by atoms with Crippen molar-refractivity contribution >= 4 is 11.2 Å². The van der Waals surface area contributed by atoms with Crippen LogP contribution in [0.4, 0.5) is 0 Å². The molecule has 2 aromatic rings. The van der Waals surface area contributed by atoms with Gasteiger partial charge in [-0.2, -0.15) is 0 Å². The summed E-state index contributed by atoms with van der Waals surface area (Å²) in [6.45, 7) is 7.28. The van der Waals surface area contributed by atoms with Crippen molar-refractivity contribution in [2.45, 2.75) is 33.2 Å². The molecule has 0 aliphatic rings. The molecule has 0 atom stereocenters. The Kier molecular flexibility index (Phi) is 4.09. The van der Waals surface area contributed by atoms with Crippen molar-refractivity contribution in [2.75, 3.05) is 13.1 Å². The zero-order valence-corrected chi connectivity index (χ0v) is 10.6. The zero-order chi connectivity index (χ0) is 12.1. The zero-order valence-electron chi connectivity index (χ0n) is 10.6. The number of hydrogen-bond donors (Lipinski definition) is 1. The summed E-state index contributed by atoms with van der Waals surface area (Å²) in [7, 11) is 0. The lowest BCUT2D eigenvalue weighted by atomic mass is 10.3. The monoisotopic (exact) mass is 232 g/mol. The van der Waals surface area contributed by atoms with Gasteiger partial charge in [0.25, 0.3) is 0 Å². The fourth-order valence-corrected chi connectivity index (χ4v) is 2.03. The molecular formula is C13H20N4. The minimum atomic E-state index is 0.962. The Balaban J connectivity index is 2.29. The summed E-state index contributed by atoms with van der Waals surface area (Å²) in [6, 6.07) is 3.98. The van der Waals surface area contributed by atoms with Gasteiger partial charge in [0.1, 0.15) is 11.3 Å². The molecule has 0 bridgehead atoms. The minimum Gasteiger partial charge on any atom is -0.317 e. The van der Waals surface area contributed by atoms with E-state index in [1.165, 1.54) is 0 Å². The number of aryl methyl sites for hydroxylation is 1. The van der Waals surface area contributed by atoms with Crippen LogP contribution in [0.15, 0.2) is 18.3 Å². The lowest BCUT2D eigenvalue weighted by molar-refractivity contribution is 0.622. The van der Waals surface area contributed by atoms with E-state index in [4.69, 9.17) is 0 Å². The van der Waals surface area contributed by atoms with Crippen LogP contribution in [0.1, 0.15) is 26.1 Å². The third-order valence-electron chi connectivity index (χ3n) is 2.81. The van der Waals surface area contributed by atoms with E-state index in [2.05, 4.69) is 33.7 Å². The lowest BCUT2D eigenvalue weighted by Crippen LogP contribution is -2.18. The summed E-state index contributed by atoms with van der Waals surface area (Å²) in [4.78, 5) is 9.09. The molecule has 92 valence electrons. The highest BCUT2D eigenvalue weighted by Gasteiger charge is 2.09. The molecule has 0 saturated heterocycles. The van der Waals surface area contributed by atoms with Crippen molar-refractivity contribution in [1.29, 1.82) is 0 Å². The maximum atomic E-state index is 4.66. The van der Waals surface area contributed by atoms with Gasteiger partial charge in [-0.25, -0.2) is 9.97 Å². The lowest BCUT2D eigenvalue weighted by Gasteiger charge is -2.06.